The quantitative estimate of drug-likeness (QED) is 0.755. The number of likely N-dealkylation sites (tertiary alicyclic amines) is 1. The van der Waals surface area contributed by atoms with Gasteiger partial charge in [0.15, 0.2) is 0 Å². The molecule has 0 saturated carbocycles. The van der Waals surface area contributed by atoms with E-state index in [1.807, 2.05) is 42.5 Å². The van der Waals surface area contributed by atoms with Crippen LogP contribution in [-0.4, -0.2) is 49.4 Å². The van der Waals surface area contributed by atoms with Gasteiger partial charge in [-0.25, -0.2) is 0 Å². The third-order valence-corrected chi connectivity index (χ3v) is 6.87. The smallest absolute Gasteiger partial charge is 0.230 e. The number of carbonyl (C=O) groups excluding carboxylic acids is 1. The van der Waals surface area contributed by atoms with Gasteiger partial charge in [0, 0.05) is 30.0 Å². The van der Waals surface area contributed by atoms with Gasteiger partial charge in [-0.15, -0.1) is 11.8 Å². The Balaban J connectivity index is 1.42. The summed E-state index contributed by atoms with van der Waals surface area (Å²) in [6.07, 6.45) is 2.81. The molecule has 2 aliphatic heterocycles. The zero-order chi connectivity index (χ0) is 20.3. The molecule has 2 heterocycles. The first-order valence-corrected chi connectivity index (χ1v) is 11.1. The van der Waals surface area contributed by atoms with E-state index >= 15 is 0 Å². The van der Waals surface area contributed by atoms with Gasteiger partial charge in [-0.05, 0) is 50.2 Å². The van der Waals surface area contributed by atoms with Crippen LogP contribution in [0.5, 0.6) is 11.5 Å². The number of fused-ring (bicyclic) bond motifs is 1. The number of ether oxygens (including phenoxy) is 2. The van der Waals surface area contributed by atoms with E-state index in [0.29, 0.717) is 5.75 Å². The van der Waals surface area contributed by atoms with E-state index in [0.717, 1.165) is 54.3 Å². The van der Waals surface area contributed by atoms with E-state index < -0.39 is 0 Å². The van der Waals surface area contributed by atoms with Crippen LogP contribution in [0.2, 0.25) is 0 Å². The number of thioether (sulfide) groups is 1. The first kappa shape index (κ1) is 20.1. The maximum atomic E-state index is 12.7. The highest BCUT2D eigenvalue weighted by atomic mass is 32.2. The molecule has 2 aromatic rings. The van der Waals surface area contributed by atoms with Crippen LogP contribution in [0.15, 0.2) is 53.4 Å². The Labute approximate surface area is 176 Å². The minimum atomic E-state index is -0.179. The van der Waals surface area contributed by atoms with E-state index in [9.17, 15) is 4.79 Å². The highest BCUT2D eigenvalue weighted by Gasteiger charge is 2.43. The predicted molar refractivity (Wildman–Crippen MR) is 116 cm³/mol. The van der Waals surface area contributed by atoms with E-state index in [1.54, 1.807) is 7.11 Å². The van der Waals surface area contributed by atoms with Gasteiger partial charge in [-0.2, -0.15) is 0 Å². The molecule has 1 unspecified atom stereocenters. The SMILES string of the molecule is COc1ccc(SCC(=O)NC2CC3(CCN(C)CC3)Oc3ccccc32)cc1. The molecule has 0 aliphatic carbocycles. The largest absolute Gasteiger partial charge is 0.497 e. The van der Waals surface area contributed by atoms with Crippen LogP contribution in [0, 0.1) is 0 Å². The van der Waals surface area contributed by atoms with Crippen molar-refractivity contribution in [1.82, 2.24) is 10.2 Å². The molecule has 1 fully saturated rings. The molecule has 1 amide bonds. The first-order chi connectivity index (χ1) is 14.1. The Morgan fingerprint density at radius 1 is 1.21 bits per heavy atom. The summed E-state index contributed by atoms with van der Waals surface area (Å²) in [6.45, 7) is 2.05. The molecule has 5 nitrogen and oxygen atoms in total. The van der Waals surface area contributed by atoms with Crippen LogP contribution in [0.3, 0.4) is 0 Å². The summed E-state index contributed by atoms with van der Waals surface area (Å²) in [5.41, 5.74) is 0.905. The number of rotatable bonds is 5. The number of methoxy groups -OCH3 is 1. The summed E-state index contributed by atoms with van der Waals surface area (Å²) in [6, 6.07) is 15.9. The fourth-order valence-electron chi connectivity index (χ4n) is 4.14. The molecule has 29 heavy (non-hydrogen) atoms. The molecule has 2 aromatic carbocycles. The van der Waals surface area contributed by atoms with Crippen LogP contribution in [0.4, 0.5) is 0 Å². The molecule has 1 saturated heterocycles. The third-order valence-electron chi connectivity index (χ3n) is 5.86. The van der Waals surface area contributed by atoms with E-state index in [1.165, 1.54) is 11.8 Å². The summed E-state index contributed by atoms with van der Waals surface area (Å²) < 4.78 is 11.7. The lowest BCUT2D eigenvalue weighted by Crippen LogP contribution is -2.51. The van der Waals surface area contributed by atoms with Gasteiger partial charge in [0.05, 0.1) is 18.9 Å². The first-order valence-electron chi connectivity index (χ1n) is 10.1. The average molecular weight is 413 g/mol. The van der Waals surface area contributed by atoms with Gasteiger partial charge in [0.25, 0.3) is 0 Å². The molecule has 0 aromatic heterocycles. The predicted octanol–water partition coefficient (Wildman–Crippen LogP) is 3.89. The number of para-hydroxylation sites is 1. The summed E-state index contributed by atoms with van der Waals surface area (Å²) in [4.78, 5) is 16.1. The summed E-state index contributed by atoms with van der Waals surface area (Å²) in [5.74, 6) is 2.18. The number of amides is 1. The number of hydrogen-bond acceptors (Lipinski definition) is 5. The Hall–Kier alpha value is -2.18. The van der Waals surface area contributed by atoms with Crippen LogP contribution in [0.25, 0.3) is 0 Å². The highest BCUT2D eigenvalue weighted by molar-refractivity contribution is 8.00. The lowest BCUT2D eigenvalue weighted by atomic mass is 9.80. The van der Waals surface area contributed by atoms with Gasteiger partial charge in [0.1, 0.15) is 17.1 Å². The molecule has 0 radical (unpaired) electrons. The van der Waals surface area contributed by atoms with Gasteiger partial charge in [0.2, 0.25) is 5.91 Å². The molecule has 1 atom stereocenters. The Morgan fingerprint density at radius 2 is 1.93 bits per heavy atom. The van der Waals surface area contributed by atoms with Gasteiger partial charge >= 0.3 is 0 Å². The van der Waals surface area contributed by atoms with Crippen molar-refractivity contribution in [1.29, 1.82) is 0 Å². The second-order valence-corrected chi connectivity index (χ2v) is 8.96. The number of piperidine rings is 1. The van der Waals surface area contributed by atoms with Crippen molar-refractivity contribution < 1.29 is 14.3 Å². The van der Waals surface area contributed by atoms with Crippen molar-refractivity contribution in [2.75, 3.05) is 33.0 Å². The molecule has 154 valence electrons. The summed E-state index contributed by atoms with van der Waals surface area (Å²) in [5, 5.41) is 3.27. The summed E-state index contributed by atoms with van der Waals surface area (Å²) in [7, 11) is 3.80. The van der Waals surface area contributed by atoms with Gasteiger partial charge < -0.3 is 19.7 Å². The van der Waals surface area contributed by atoms with Crippen LogP contribution in [-0.2, 0) is 4.79 Å². The number of nitrogens with zero attached hydrogens (tertiary/aromatic N) is 1. The Kier molecular flexibility index (Phi) is 6.01. The number of benzene rings is 2. The van der Waals surface area contributed by atoms with E-state index in [4.69, 9.17) is 9.47 Å². The van der Waals surface area contributed by atoms with Crippen LogP contribution >= 0.6 is 11.8 Å². The van der Waals surface area contributed by atoms with E-state index in [2.05, 4.69) is 23.3 Å². The Bertz CT molecular complexity index is 847. The van der Waals surface area contributed by atoms with E-state index in [-0.39, 0.29) is 17.6 Å². The number of nitrogens with one attached hydrogen (secondary N) is 1. The molecule has 1 spiro atoms. The molecule has 6 heteroatoms. The second-order valence-electron chi connectivity index (χ2n) is 7.91. The molecule has 2 aliphatic rings. The fourth-order valence-corrected chi connectivity index (χ4v) is 4.85. The van der Waals surface area contributed by atoms with Crippen molar-refractivity contribution in [3.05, 3.63) is 54.1 Å². The van der Waals surface area contributed by atoms with Crippen molar-refractivity contribution in [3.63, 3.8) is 0 Å². The standard InChI is InChI=1S/C23H28N2O3S/c1-25-13-11-23(12-14-25)15-20(19-5-3-4-6-21(19)28-23)24-22(26)16-29-18-9-7-17(27-2)8-10-18/h3-10,20H,11-16H2,1-2H3,(H,24,26). The van der Waals surface area contributed by atoms with Crippen LogP contribution in [0.1, 0.15) is 30.9 Å². The van der Waals surface area contributed by atoms with Crippen molar-refractivity contribution in [3.8, 4) is 11.5 Å². The molecule has 1 N–H and O–H groups in total. The number of carbonyl (C=O) groups is 1. The topological polar surface area (TPSA) is 50.8 Å². The van der Waals surface area contributed by atoms with Crippen molar-refractivity contribution in [2.24, 2.45) is 0 Å². The third kappa shape index (κ3) is 4.70. The lowest BCUT2D eigenvalue weighted by molar-refractivity contribution is -0.120. The number of hydrogen-bond donors (Lipinski definition) is 1. The monoisotopic (exact) mass is 412 g/mol. The fraction of sp³-hybridized carbons (Fsp3) is 0.435. The maximum absolute atomic E-state index is 12.7. The minimum Gasteiger partial charge on any atom is -0.497 e. The molecular weight excluding hydrogens is 384 g/mol. The molecule has 0 bridgehead atoms. The van der Waals surface area contributed by atoms with Gasteiger partial charge in [-0.1, -0.05) is 18.2 Å². The lowest BCUT2D eigenvalue weighted by Gasteiger charge is -2.46. The molecule has 4 rings (SSSR count). The second kappa shape index (κ2) is 8.67. The highest BCUT2D eigenvalue weighted by Crippen LogP contribution is 2.44. The minimum absolute atomic E-state index is 0.00711. The zero-order valence-corrected chi connectivity index (χ0v) is 17.8. The Morgan fingerprint density at radius 3 is 2.66 bits per heavy atom. The van der Waals surface area contributed by atoms with Crippen molar-refractivity contribution in [2.45, 2.75) is 35.8 Å². The summed E-state index contributed by atoms with van der Waals surface area (Å²) >= 11 is 1.54. The van der Waals surface area contributed by atoms with Gasteiger partial charge in [-0.3, -0.25) is 4.79 Å². The van der Waals surface area contributed by atoms with Crippen molar-refractivity contribution >= 4 is 17.7 Å². The maximum Gasteiger partial charge on any atom is 0.230 e. The zero-order valence-electron chi connectivity index (χ0n) is 17.0. The van der Waals surface area contributed by atoms with Crippen LogP contribution < -0.4 is 14.8 Å². The normalized spacial score (nSPS) is 20.6. The molecular formula is C23H28N2O3S. The average Bonchev–Trinajstić information content (AvgIpc) is 2.75.